The molecule has 2 amide bonds. The quantitative estimate of drug-likeness (QED) is 0.885. The SMILES string of the molecule is O=C(CC(F)(F)F)Nc1nc(-c2ccc3c(c2)NC(=O)CO3)cs1. The van der Waals surface area contributed by atoms with Crippen LogP contribution < -0.4 is 15.4 Å². The van der Waals surface area contributed by atoms with Crippen LogP contribution in [-0.4, -0.2) is 29.6 Å². The summed E-state index contributed by atoms with van der Waals surface area (Å²) in [6.07, 6.45) is -6.13. The molecule has 0 saturated heterocycles. The summed E-state index contributed by atoms with van der Waals surface area (Å²) in [5, 5.41) is 6.42. The van der Waals surface area contributed by atoms with E-state index in [1.165, 1.54) is 0 Å². The van der Waals surface area contributed by atoms with Gasteiger partial charge in [0.15, 0.2) is 11.7 Å². The van der Waals surface area contributed by atoms with E-state index in [1.807, 2.05) is 0 Å². The molecule has 126 valence electrons. The van der Waals surface area contributed by atoms with E-state index in [2.05, 4.69) is 15.6 Å². The van der Waals surface area contributed by atoms with Crippen LogP contribution in [-0.2, 0) is 9.59 Å². The first-order valence-electron chi connectivity index (χ1n) is 6.69. The van der Waals surface area contributed by atoms with Crippen molar-refractivity contribution in [1.82, 2.24) is 4.98 Å². The highest BCUT2D eigenvalue weighted by Gasteiger charge is 2.31. The van der Waals surface area contributed by atoms with Crippen LogP contribution in [0.1, 0.15) is 6.42 Å². The second-order valence-corrected chi connectivity index (χ2v) is 5.78. The Morgan fingerprint density at radius 3 is 2.96 bits per heavy atom. The zero-order chi connectivity index (χ0) is 17.3. The number of fused-ring (bicyclic) bond motifs is 1. The molecule has 1 aliphatic rings. The number of carbonyl (C=O) groups excluding carboxylic acids is 2. The Hall–Kier alpha value is -2.62. The molecule has 10 heteroatoms. The predicted octanol–water partition coefficient (Wildman–Crippen LogP) is 3.03. The van der Waals surface area contributed by atoms with Gasteiger partial charge in [0, 0.05) is 10.9 Å². The average molecular weight is 357 g/mol. The fourth-order valence-electron chi connectivity index (χ4n) is 2.05. The number of nitrogens with zero attached hydrogens (tertiary/aromatic N) is 1. The molecule has 2 heterocycles. The lowest BCUT2D eigenvalue weighted by Crippen LogP contribution is -2.25. The first kappa shape index (κ1) is 16.2. The van der Waals surface area contributed by atoms with E-state index < -0.39 is 18.5 Å². The summed E-state index contributed by atoms with van der Waals surface area (Å²) in [6.45, 7) is -0.0571. The van der Waals surface area contributed by atoms with Crippen molar-refractivity contribution in [3.8, 4) is 17.0 Å². The molecule has 2 aromatic rings. The van der Waals surface area contributed by atoms with Gasteiger partial charge in [-0.2, -0.15) is 13.2 Å². The van der Waals surface area contributed by atoms with E-state index in [4.69, 9.17) is 4.74 Å². The first-order chi connectivity index (χ1) is 11.3. The van der Waals surface area contributed by atoms with E-state index in [1.54, 1.807) is 23.6 Å². The molecule has 0 bridgehead atoms. The molecule has 0 spiro atoms. The number of aromatic nitrogens is 1. The molecule has 1 aliphatic heterocycles. The number of hydrogen-bond acceptors (Lipinski definition) is 5. The number of thiazole rings is 1. The maximum absolute atomic E-state index is 12.1. The number of benzene rings is 1. The van der Waals surface area contributed by atoms with Crippen LogP contribution in [0.25, 0.3) is 11.3 Å². The molecule has 2 N–H and O–H groups in total. The Balaban J connectivity index is 1.75. The lowest BCUT2D eigenvalue weighted by Gasteiger charge is -2.18. The fourth-order valence-corrected chi connectivity index (χ4v) is 2.79. The van der Waals surface area contributed by atoms with E-state index in [-0.39, 0.29) is 17.6 Å². The van der Waals surface area contributed by atoms with Crippen molar-refractivity contribution in [3.63, 3.8) is 0 Å². The van der Waals surface area contributed by atoms with Gasteiger partial charge < -0.3 is 15.4 Å². The zero-order valence-corrected chi connectivity index (χ0v) is 12.8. The molecule has 1 aromatic carbocycles. The molecule has 6 nitrogen and oxygen atoms in total. The number of carbonyl (C=O) groups is 2. The number of rotatable bonds is 3. The Morgan fingerprint density at radius 1 is 1.42 bits per heavy atom. The van der Waals surface area contributed by atoms with E-state index >= 15 is 0 Å². The summed E-state index contributed by atoms with van der Waals surface area (Å²) in [4.78, 5) is 26.7. The number of amides is 2. The highest BCUT2D eigenvalue weighted by Crippen LogP contribution is 2.34. The minimum absolute atomic E-state index is 0.0571. The molecule has 0 atom stereocenters. The number of alkyl halides is 3. The van der Waals surface area contributed by atoms with Crippen molar-refractivity contribution in [2.75, 3.05) is 17.2 Å². The van der Waals surface area contributed by atoms with Gasteiger partial charge in [0.05, 0.1) is 11.4 Å². The van der Waals surface area contributed by atoms with Crippen molar-refractivity contribution < 1.29 is 27.5 Å². The second kappa shape index (κ2) is 6.11. The normalized spacial score (nSPS) is 13.7. The van der Waals surface area contributed by atoms with Crippen LogP contribution in [0.4, 0.5) is 24.0 Å². The standard InChI is InChI=1S/C14H10F3N3O3S/c15-14(16,17)4-11(21)20-13-19-9(6-24-13)7-1-2-10-8(3-7)18-12(22)5-23-10/h1-3,6H,4-5H2,(H,18,22)(H,19,20,21). The van der Waals surface area contributed by atoms with E-state index in [0.717, 1.165) is 11.3 Å². The minimum Gasteiger partial charge on any atom is -0.482 e. The third-order valence-electron chi connectivity index (χ3n) is 3.02. The van der Waals surface area contributed by atoms with Gasteiger partial charge in [-0.05, 0) is 18.2 Å². The van der Waals surface area contributed by atoms with Gasteiger partial charge in [0.1, 0.15) is 12.2 Å². The minimum atomic E-state index is -4.57. The van der Waals surface area contributed by atoms with Gasteiger partial charge in [-0.1, -0.05) is 0 Å². The van der Waals surface area contributed by atoms with E-state index in [9.17, 15) is 22.8 Å². The highest BCUT2D eigenvalue weighted by molar-refractivity contribution is 7.14. The van der Waals surface area contributed by atoms with Crippen molar-refractivity contribution in [3.05, 3.63) is 23.6 Å². The maximum Gasteiger partial charge on any atom is 0.397 e. The fraction of sp³-hybridized carbons (Fsp3) is 0.214. The van der Waals surface area contributed by atoms with Crippen LogP contribution >= 0.6 is 11.3 Å². The van der Waals surface area contributed by atoms with Crippen molar-refractivity contribution >= 4 is 34.0 Å². The number of ether oxygens (including phenoxy) is 1. The Kier molecular flexibility index (Phi) is 4.14. The van der Waals surface area contributed by atoms with Crippen LogP contribution in [0.15, 0.2) is 23.6 Å². The second-order valence-electron chi connectivity index (χ2n) is 4.93. The molecule has 0 unspecified atom stereocenters. The topological polar surface area (TPSA) is 80.3 Å². The molecule has 1 aromatic heterocycles. The monoisotopic (exact) mass is 357 g/mol. The molecule has 0 saturated carbocycles. The third-order valence-corrected chi connectivity index (χ3v) is 3.78. The molecule has 24 heavy (non-hydrogen) atoms. The Morgan fingerprint density at radius 2 is 2.21 bits per heavy atom. The average Bonchev–Trinajstić information content (AvgIpc) is 2.92. The Bertz CT molecular complexity index is 804. The van der Waals surface area contributed by atoms with Gasteiger partial charge >= 0.3 is 6.18 Å². The molecular formula is C14H10F3N3O3S. The molecular weight excluding hydrogens is 347 g/mol. The summed E-state index contributed by atoms with van der Waals surface area (Å²) in [6, 6.07) is 5.00. The zero-order valence-electron chi connectivity index (χ0n) is 11.9. The number of nitrogens with one attached hydrogen (secondary N) is 2. The lowest BCUT2D eigenvalue weighted by atomic mass is 10.1. The number of hydrogen-bond donors (Lipinski definition) is 2. The number of halogens is 3. The van der Waals surface area contributed by atoms with Gasteiger partial charge in [-0.3, -0.25) is 9.59 Å². The first-order valence-corrected chi connectivity index (χ1v) is 7.57. The van der Waals surface area contributed by atoms with Crippen molar-refractivity contribution in [2.45, 2.75) is 12.6 Å². The number of anilines is 2. The van der Waals surface area contributed by atoms with E-state index in [0.29, 0.717) is 22.7 Å². The molecule has 0 radical (unpaired) electrons. The largest absolute Gasteiger partial charge is 0.482 e. The smallest absolute Gasteiger partial charge is 0.397 e. The molecule has 0 aliphatic carbocycles. The summed E-state index contributed by atoms with van der Waals surface area (Å²) in [5.41, 5.74) is 1.58. The predicted molar refractivity (Wildman–Crippen MR) is 81.0 cm³/mol. The van der Waals surface area contributed by atoms with Gasteiger partial charge in [-0.25, -0.2) is 4.98 Å². The van der Waals surface area contributed by atoms with Crippen LogP contribution in [0.5, 0.6) is 5.75 Å². The summed E-state index contributed by atoms with van der Waals surface area (Å²) in [5.74, 6) is -0.931. The summed E-state index contributed by atoms with van der Waals surface area (Å²) in [7, 11) is 0. The molecule has 0 fully saturated rings. The Labute approximate surface area is 137 Å². The third kappa shape index (κ3) is 3.82. The molecule has 3 rings (SSSR count). The van der Waals surface area contributed by atoms with Crippen molar-refractivity contribution in [1.29, 1.82) is 0 Å². The van der Waals surface area contributed by atoms with Crippen LogP contribution in [0, 0.1) is 0 Å². The lowest BCUT2D eigenvalue weighted by molar-refractivity contribution is -0.150. The van der Waals surface area contributed by atoms with Gasteiger partial charge in [0.2, 0.25) is 5.91 Å². The summed E-state index contributed by atoms with van der Waals surface area (Å²) < 4.78 is 41.7. The van der Waals surface area contributed by atoms with Gasteiger partial charge in [-0.15, -0.1) is 11.3 Å². The highest BCUT2D eigenvalue weighted by atomic mass is 32.1. The van der Waals surface area contributed by atoms with Crippen LogP contribution in [0.3, 0.4) is 0 Å². The maximum atomic E-state index is 12.1. The summed E-state index contributed by atoms with van der Waals surface area (Å²) >= 11 is 1.01. The van der Waals surface area contributed by atoms with Crippen molar-refractivity contribution in [2.24, 2.45) is 0 Å². The van der Waals surface area contributed by atoms with Gasteiger partial charge in [0.25, 0.3) is 5.91 Å². The van der Waals surface area contributed by atoms with Crippen LogP contribution in [0.2, 0.25) is 0 Å².